The van der Waals surface area contributed by atoms with Crippen molar-refractivity contribution >= 4 is 34.7 Å². The van der Waals surface area contributed by atoms with Crippen LogP contribution >= 0.6 is 0 Å². The number of aliphatic imine (C=N–C) groups is 1. The van der Waals surface area contributed by atoms with E-state index in [4.69, 9.17) is 23.7 Å². The summed E-state index contributed by atoms with van der Waals surface area (Å²) < 4.78 is 22.4. The smallest absolute Gasteiger partial charge is 0.437 e. The van der Waals surface area contributed by atoms with E-state index in [-0.39, 0.29) is 18.3 Å². The lowest BCUT2D eigenvalue weighted by Crippen LogP contribution is -2.46. The molecule has 2 heterocycles. The highest BCUT2D eigenvalue weighted by Crippen LogP contribution is 2.33. The quantitative estimate of drug-likeness (QED) is 0.0985. The molecule has 12 heteroatoms. The number of hydrogen-bond acceptors (Lipinski definition) is 9. The van der Waals surface area contributed by atoms with Gasteiger partial charge in [-0.25, -0.2) is 9.59 Å². The molecular formula is C41H43N5O7. The van der Waals surface area contributed by atoms with Crippen LogP contribution in [0.1, 0.15) is 76.7 Å². The van der Waals surface area contributed by atoms with Gasteiger partial charge in [-0.1, -0.05) is 78.0 Å². The third kappa shape index (κ3) is 9.65. The third-order valence-electron chi connectivity index (χ3n) is 8.21. The molecule has 1 aliphatic heterocycles. The number of nitrogens with one attached hydrogen (secondary N) is 1. The molecule has 0 aliphatic carbocycles. The molecule has 1 fully saturated rings. The molecule has 1 aliphatic rings. The van der Waals surface area contributed by atoms with Crippen LogP contribution < -0.4 is 10.1 Å². The number of benzene rings is 4. The number of hydrogen-bond donors (Lipinski definition) is 1. The first-order valence-corrected chi connectivity index (χ1v) is 17.5. The van der Waals surface area contributed by atoms with Crippen molar-refractivity contribution < 1.29 is 33.1 Å². The number of likely N-dealkylation sites (tertiary alicyclic amines) is 1. The summed E-state index contributed by atoms with van der Waals surface area (Å²) in [5, 5.41) is 8.70. The van der Waals surface area contributed by atoms with Crippen molar-refractivity contribution in [3.05, 3.63) is 102 Å². The Bertz CT molecular complexity index is 2130. The molecule has 53 heavy (non-hydrogen) atoms. The van der Waals surface area contributed by atoms with Crippen molar-refractivity contribution in [1.29, 1.82) is 0 Å². The third-order valence-corrected chi connectivity index (χ3v) is 8.21. The summed E-state index contributed by atoms with van der Waals surface area (Å²) in [5.74, 6) is 1.12. The van der Waals surface area contributed by atoms with E-state index in [2.05, 4.69) is 15.5 Å². The van der Waals surface area contributed by atoms with E-state index in [1.165, 1.54) is 0 Å². The number of ether oxygens (including phenoxy) is 3. The molecule has 0 bridgehead atoms. The van der Waals surface area contributed by atoms with Gasteiger partial charge in [0.05, 0.1) is 0 Å². The number of amides is 2. The van der Waals surface area contributed by atoms with Crippen LogP contribution in [0.3, 0.4) is 0 Å². The standard InChI is InChI=1S/C41H43N5O7/c1-40(2,3)51-38(48)43-37(44-39(49)52-41(4,5)6)46-22-10-13-33(46)36-42-35(45-53-36)31-19-18-30-24-32(21-20-29(30)23-31)50-25-34(47)28-16-14-27(15-17-28)26-11-8-7-9-12-26/h7-9,11-12,14-21,23-24,33H,10,13,22,25H2,1-6H3,(H,43,44,48,49)/t33-/m0/s1. The maximum atomic E-state index is 12.9. The van der Waals surface area contributed by atoms with Crippen molar-refractivity contribution in [3.8, 4) is 28.3 Å². The van der Waals surface area contributed by atoms with Crippen LogP contribution in [-0.4, -0.2) is 63.3 Å². The Kier molecular flexibility index (Phi) is 10.6. The predicted molar refractivity (Wildman–Crippen MR) is 201 cm³/mol. The van der Waals surface area contributed by atoms with Crippen molar-refractivity contribution in [3.63, 3.8) is 0 Å². The molecule has 5 aromatic rings. The highest BCUT2D eigenvalue weighted by atomic mass is 16.6. The number of alkyl carbamates (subject to hydrolysis) is 1. The van der Waals surface area contributed by atoms with Gasteiger partial charge in [0.15, 0.2) is 12.4 Å². The van der Waals surface area contributed by atoms with Gasteiger partial charge in [-0.2, -0.15) is 4.98 Å². The maximum Gasteiger partial charge on any atom is 0.437 e. The average Bonchev–Trinajstić information content (AvgIpc) is 3.80. The summed E-state index contributed by atoms with van der Waals surface area (Å²) in [6.45, 7) is 10.8. The first-order chi connectivity index (χ1) is 25.2. The van der Waals surface area contributed by atoms with Crippen LogP contribution in [0.25, 0.3) is 33.3 Å². The zero-order valence-corrected chi connectivity index (χ0v) is 30.7. The molecule has 1 N–H and O–H groups in total. The molecule has 1 aromatic heterocycles. The fourth-order valence-electron chi connectivity index (χ4n) is 5.86. The van der Waals surface area contributed by atoms with Crippen molar-refractivity contribution in [1.82, 2.24) is 20.4 Å². The highest BCUT2D eigenvalue weighted by Gasteiger charge is 2.35. The molecule has 0 radical (unpaired) electrons. The van der Waals surface area contributed by atoms with Gasteiger partial charge in [0.2, 0.25) is 17.7 Å². The number of carbonyl (C=O) groups is 3. The fourth-order valence-corrected chi connectivity index (χ4v) is 5.86. The molecule has 274 valence electrons. The molecule has 0 spiro atoms. The van der Waals surface area contributed by atoms with Gasteiger partial charge in [-0.05, 0) is 94.5 Å². The Morgan fingerprint density at radius 3 is 2.21 bits per heavy atom. The Balaban J connectivity index is 1.13. The second kappa shape index (κ2) is 15.3. The largest absolute Gasteiger partial charge is 0.485 e. The van der Waals surface area contributed by atoms with Crippen molar-refractivity contribution in [2.45, 2.75) is 71.6 Å². The van der Waals surface area contributed by atoms with Crippen LogP contribution in [0, 0.1) is 0 Å². The van der Waals surface area contributed by atoms with Crippen LogP contribution in [-0.2, 0) is 9.47 Å². The topological polar surface area (TPSA) is 145 Å². The first kappa shape index (κ1) is 36.7. The minimum atomic E-state index is -0.856. The lowest BCUT2D eigenvalue weighted by atomic mass is 10.0. The van der Waals surface area contributed by atoms with Gasteiger partial charge in [0, 0.05) is 17.7 Å². The number of carbonyl (C=O) groups excluding carboxylic acids is 3. The minimum absolute atomic E-state index is 0.0258. The Hall–Kier alpha value is -6.04. The maximum absolute atomic E-state index is 12.9. The van der Waals surface area contributed by atoms with Gasteiger partial charge < -0.3 is 23.6 Å². The highest BCUT2D eigenvalue weighted by molar-refractivity contribution is 5.99. The SMILES string of the molecule is CC(C)(C)OC(=O)/N=C(/NC(=O)OC(C)(C)C)N1CCC[C@H]1c1nc(-c2ccc3cc(OCC(=O)c4ccc(-c5ccccc5)cc4)ccc3c2)no1. The zero-order valence-electron chi connectivity index (χ0n) is 30.7. The second-order valence-electron chi connectivity index (χ2n) is 14.7. The summed E-state index contributed by atoms with van der Waals surface area (Å²) >= 11 is 0. The van der Waals surface area contributed by atoms with E-state index < -0.39 is 29.4 Å². The van der Waals surface area contributed by atoms with E-state index in [0.717, 1.165) is 33.9 Å². The van der Waals surface area contributed by atoms with Gasteiger partial charge in [0.25, 0.3) is 0 Å². The summed E-state index contributed by atoms with van der Waals surface area (Å²) in [5.41, 5.74) is 1.90. The van der Waals surface area contributed by atoms with Crippen LogP contribution in [0.5, 0.6) is 5.75 Å². The number of nitrogens with zero attached hydrogens (tertiary/aromatic N) is 4. The predicted octanol–water partition coefficient (Wildman–Crippen LogP) is 8.77. The molecule has 1 atom stereocenters. The molecule has 12 nitrogen and oxygen atoms in total. The summed E-state index contributed by atoms with van der Waals surface area (Å²) in [4.78, 5) is 48.9. The lowest BCUT2D eigenvalue weighted by Gasteiger charge is -2.27. The molecule has 1 saturated heterocycles. The lowest BCUT2D eigenvalue weighted by molar-refractivity contribution is 0.0552. The summed E-state index contributed by atoms with van der Waals surface area (Å²) in [6.07, 6.45) is -0.280. The molecule has 2 amide bonds. The number of guanidine groups is 1. The second-order valence-corrected chi connectivity index (χ2v) is 14.7. The molecule has 0 saturated carbocycles. The molecular weight excluding hydrogens is 674 g/mol. The zero-order chi connectivity index (χ0) is 37.8. The molecule has 0 unspecified atom stereocenters. The number of Topliss-reactive ketones (excluding diaryl/α,β-unsaturated/α-hetero) is 1. The number of rotatable bonds is 7. The molecule has 6 rings (SSSR count). The normalized spacial score (nSPS) is 14.9. The van der Waals surface area contributed by atoms with Crippen LogP contribution in [0.2, 0.25) is 0 Å². The van der Waals surface area contributed by atoms with Crippen LogP contribution in [0.15, 0.2) is 101 Å². The number of ketones is 1. The van der Waals surface area contributed by atoms with Crippen molar-refractivity contribution in [2.24, 2.45) is 4.99 Å². The van der Waals surface area contributed by atoms with Gasteiger partial charge >= 0.3 is 12.2 Å². The average molecular weight is 718 g/mol. The van der Waals surface area contributed by atoms with Gasteiger partial charge in [-0.15, -0.1) is 4.99 Å². The van der Waals surface area contributed by atoms with E-state index in [1.807, 2.05) is 91.0 Å². The number of aromatic nitrogens is 2. The number of fused-ring (bicyclic) bond motifs is 1. The monoisotopic (exact) mass is 717 g/mol. The van der Waals surface area contributed by atoms with E-state index in [1.54, 1.807) is 46.4 Å². The molecule has 4 aromatic carbocycles. The van der Waals surface area contributed by atoms with Crippen molar-refractivity contribution in [2.75, 3.05) is 13.2 Å². The van der Waals surface area contributed by atoms with E-state index in [0.29, 0.717) is 36.0 Å². The van der Waals surface area contributed by atoms with Gasteiger partial charge in [-0.3, -0.25) is 10.1 Å². The summed E-state index contributed by atoms with van der Waals surface area (Å²) in [6, 6.07) is 28.4. The fraction of sp³-hybridized carbons (Fsp3) is 0.317. The minimum Gasteiger partial charge on any atom is -0.485 e. The van der Waals surface area contributed by atoms with E-state index >= 15 is 0 Å². The Morgan fingerprint density at radius 2 is 1.49 bits per heavy atom. The summed E-state index contributed by atoms with van der Waals surface area (Å²) in [7, 11) is 0. The Labute approximate surface area is 308 Å². The van der Waals surface area contributed by atoms with Gasteiger partial charge in [0.1, 0.15) is 23.0 Å². The first-order valence-electron chi connectivity index (χ1n) is 17.5. The van der Waals surface area contributed by atoms with E-state index in [9.17, 15) is 14.4 Å². The Morgan fingerprint density at radius 1 is 0.830 bits per heavy atom. The van der Waals surface area contributed by atoms with Crippen LogP contribution in [0.4, 0.5) is 9.59 Å².